The molecular weight excluding hydrogens is 482 g/mol. The predicted octanol–water partition coefficient (Wildman–Crippen LogP) is 6.83. The minimum Gasteiger partial charge on any atom is -1.00 e. The number of aliphatic hydroxyl groups excluding tert-OH is 1. The van der Waals surface area contributed by atoms with E-state index in [0.717, 1.165) is 6.42 Å². The fourth-order valence-electron chi connectivity index (χ4n) is 5.09. The first-order valence-corrected chi connectivity index (χ1v) is 15.6. The molecule has 1 N–H and O–H groups in total. The summed E-state index contributed by atoms with van der Waals surface area (Å²) in [7, 11) is 4.87. The molecule has 0 aromatic carbocycles. The number of quaternary nitrogens is 1. The van der Waals surface area contributed by atoms with Crippen molar-refractivity contribution in [3.8, 4) is 0 Å². The highest BCUT2D eigenvalue weighted by molar-refractivity contribution is 4.51. The number of halogens is 1. The van der Waals surface area contributed by atoms with Crippen molar-refractivity contribution in [2.24, 2.45) is 0 Å². The molecule has 0 aliphatic heterocycles. The first-order chi connectivity index (χ1) is 16.1. The van der Waals surface area contributed by atoms with Gasteiger partial charge in [0.1, 0.15) is 0 Å². The number of unbranched alkanes of at least 4 members (excludes halogenated alkanes) is 23. The molecule has 34 heavy (non-hydrogen) atoms. The maximum Gasteiger partial charge on any atom is 0.0782 e. The van der Waals surface area contributed by atoms with E-state index in [-0.39, 0.29) is 17.0 Å². The summed E-state index contributed by atoms with van der Waals surface area (Å²) in [6, 6.07) is 0. The first kappa shape index (κ1) is 36.6. The Morgan fingerprint density at radius 2 is 0.618 bits per heavy atom. The molecule has 0 aliphatic rings. The van der Waals surface area contributed by atoms with Crippen LogP contribution in [-0.2, 0) is 0 Å². The molecule has 0 aromatic rings. The average molecular weight is 549 g/mol. The summed E-state index contributed by atoms with van der Waals surface area (Å²) in [4.78, 5) is 0. The van der Waals surface area contributed by atoms with Crippen LogP contribution in [0.3, 0.4) is 0 Å². The summed E-state index contributed by atoms with van der Waals surface area (Å²) in [5.74, 6) is 0. The topological polar surface area (TPSA) is 20.2 Å². The monoisotopic (exact) mass is 547 g/mol. The molecule has 0 fully saturated rings. The van der Waals surface area contributed by atoms with E-state index in [1.165, 1.54) is 172 Å². The Kier molecular flexibility index (Phi) is 31.9. The van der Waals surface area contributed by atoms with Gasteiger partial charge in [0.05, 0.1) is 27.2 Å². The fraction of sp³-hybridized carbons (Fsp3) is 1.00. The highest BCUT2D eigenvalue weighted by Crippen LogP contribution is 2.15. The van der Waals surface area contributed by atoms with Gasteiger partial charge in [-0.05, 0) is 32.1 Å². The summed E-state index contributed by atoms with van der Waals surface area (Å²) < 4.78 is 1.22. The van der Waals surface area contributed by atoms with E-state index in [1.54, 1.807) is 0 Å². The molecule has 0 aliphatic carbocycles. The number of hydrogen-bond acceptors (Lipinski definition) is 1. The van der Waals surface area contributed by atoms with E-state index < -0.39 is 0 Å². The second-order valence-corrected chi connectivity index (χ2v) is 11.6. The lowest BCUT2D eigenvalue weighted by Crippen LogP contribution is -3.00. The molecular formula is C31H66BrNO. The molecule has 0 aromatic heterocycles. The number of nitrogens with zero attached hydrogens (tertiary/aromatic N) is 1. The van der Waals surface area contributed by atoms with E-state index >= 15 is 0 Å². The van der Waals surface area contributed by atoms with Gasteiger partial charge in [-0.2, -0.15) is 0 Å². The highest BCUT2D eigenvalue weighted by atomic mass is 79.9. The average Bonchev–Trinajstić information content (AvgIpc) is 2.80. The zero-order valence-electron chi connectivity index (χ0n) is 24.1. The lowest BCUT2D eigenvalue weighted by atomic mass is 10.0. The summed E-state index contributed by atoms with van der Waals surface area (Å²) in [5.41, 5.74) is 0. The highest BCUT2D eigenvalue weighted by Gasteiger charge is 2.13. The van der Waals surface area contributed by atoms with E-state index in [1.807, 2.05) is 0 Å². The van der Waals surface area contributed by atoms with Gasteiger partial charge in [-0.25, -0.2) is 0 Å². The molecule has 0 saturated heterocycles. The standard InChI is InChI=1S/C31H66NO.BrH/c1-4-5-6-7-8-9-10-11-12-13-14-15-17-20-23-26-29-32(2,3)30-27-24-21-18-16-19-22-25-28-31-33;/h33H,4-31H2,1-3H3;1H/q+1;/p-1. The van der Waals surface area contributed by atoms with Crippen LogP contribution < -0.4 is 17.0 Å². The molecule has 2 nitrogen and oxygen atoms in total. The molecule has 0 saturated carbocycles. The van der Waals surface area contributed by atoms with Crippen molar-refractivity contribution in [2.75, 3.05) is 33.8 Å². The van der Waals surface area contributed by atoms with Crippen molar-refractivity contribution >= 4 is 0 Å². The largest absolute Gasteiger partial charge is 1.00 e. The van der Waals surface area contributed by atoms with Crippen LogP contribution in [0.25, 0.3) is 0 Å². The molecule has 3 heteroatoms. The summed E-state index contributed by atoms with van der Waals surface area (Å²) in [6.07, 6.45) is 35.2. The summed E-state index contributed by atoms with van der Waals surface area (Å²) in [5, 5.41) is 8.80. The van der Waals surface area contributed by atoms with Gasteiger partial charge in [-0.1, -0.05) is 135 Å². The van der Waals surface area contributed by atoms with Crippen LogP contribution in [-0.4, -0.2) is 43.4 Å². The number of aliphatic hydroxyl groups is 1. The normalized spacial score (nSPS) is 11.6. The molecule has 0 heterocycles. The Balaban J connectivity index is 0. The third-order valence-corrected chi connectivity index (χ3v) is 7.54. The smallest absolute Gasteiger partial charge is 0.0782 e. The number of hydrogen-bond donors (Lipinski definition) is 1. The van der Waals surface area contributed by atoms with E-state index in [4.69, 9.17) is 5.11 Å². The van der Waals surface area contributed by atoms with Gasteiger partial charge in [0.25, 0.3) is 0 Å². The van der Waals surface area contributed by atoms with Gasteiger partial charge in [-0.3, -0.25) is 0 Å². The van der Waals surface area contributed by atoms with Crippen LogP contribution >= 0.6 is 0 Å². The van der Waals surface area contributed by atoms with Crippen LogP contribution in [0.4, 0.5) is 0 Å². The molecule has 0 rings (SSSR count). The Labute approximate surface area is 227 Å². The summed E-state index contributed by atoms with van der Waals surface area (Å²) in [6.45, 7) is 5.39. The minimum absolute atomic E-state index is 0. The molecule has 0 amide bonds. The third kappa shape index (κ3) is 30.4. The summed E-state index contributed by atoms with van der Waals surface area (Å²) >= 11 is 0. The van der Waals surface area contributed by atoms with Crippen molar-refractivity contribution in [1.82, 2.24) is 0 Å². The Morgan fingerprint density at radius 1 is 0.382 bits per heavy atom. The van der Waals surface area contributed by atoms with E-state index in [2.05, 4.69) is 21.0 Å². The minimum atomic E-state index is 0. The number of rotatable bonds is 28. The van der Waals surface area contributed by atoms with E-state index in [9.17, 15) is 0 Å². The fourth-order valence-corrected chi connectivity index (χ4v) is 5.09. The second-order valence-electron chi connectivity index (χ2n) is 11.6. The van der Waals surface area contributed by atoms with Crippen molar-refractivity contribution < 1.29 is 26.6 Å². The van der Waals surface area contributed by atoms with Crippen LogP contribution in [0.15, 0.2) is 0 Å². The molecule has 0 spiro atoms. The third-order valence-electron chi connectivity index (χ3n) is 7.54. The lowest BCUT2D eigenvalue weighted by Gasteiger charge is -2.30. The molecule has 0 bridgehead atoms. The maximum absolute atomic E-state index is 8.80. The van der Waals surface area contributed by atoms with Crippen molar-refractivity contribution in [1.29, 1.82) is 0 Å². The Bertz CT molecular complexity index is 361. The van der Waals surface area contributed by atoms with Crippen LogP contribution in [0.1, 0.15) is 167 Å². The Morgan fingerprint density at radius 3 is 0.882 bits per heavy atom. The molecule has 0 radical (unpaired) electrons. The van der Waals surface area contributed by atoms with Crippen LogP contribution in [0.5, 0.6) is 0 Å². The van der Waals surface area contributed by atoms with Gasteiger partial charge in [0.15, 0.2) is 0 Å². The van der Waals surface area contributed by atoms with Gasteiger partial charge in [0.2, 0.25) is 0 Å². The molecule has 208 valence electrons. The molecule has 0 atom stereocenters. The van der Waals surface area contributed by atoms with Gasteiger partial charge < -0.3 is 26.6 Å². The molecule has 0 unspecified atom stereocenters. The Hall–Kier alpha value is 0.400. The van der Waals surface area contributed by atoms with Crippen molar-refractivity contribution in [2.45, 2.75) is 167 Å². The van der Waals surface area contributed by atoms with Crippen molar-refractivity contribution in [3.05, 3.63) is 0 Å². The zero-order valence-corrected chi connectivity index (χ0v) is 25.7. The maximum atomic E-state index is 8.80. The SMILES string of the molecule is CCCCCCCCCCCCCCCCCC[N+](C)(C)CCCCCCCCCCCO.[Br-]. The van der Waals surface area contributed by atoms with Gasteiger partial charge in [0, 0.05) is 6.61 Å². The van der Waals surface area contributed by atoms with Gasteiger partial charge in [-0.15, -0.1) is 0 Å². The van der Waals surface area contributed by atoms with E-state index in [0.29, 0.717) is 6.61 Å². The van der Waals surface area contributed by atoms with Gasteiger partial charge >= 0.3 is 0 Å². The van der Waals surface area contributed by atoms with Crippen LogP contribution in [0.2, 0.25) is 0 Å². The zero-order chi connectivity index (χ0) is 24.3. The second kappa shape index (κ2) is 29.6. The first-order valence-electron chi connectivity index (χ1n) is 15.6. The predicted molar refractivity (Wildman–Crippen MR) is 150 cm³/mol. The van der Waals surface area contributed by atoms with Crippen molar-refractivity contribution in [3.63, 3.8) is 0 Å². The lowest BCUT2D eigenvalue weighted by molar-refractivity contribution is -0.890. The quantitative estimate of drug-likeness (QED) is 0.0839. The van der Waals surface area contributed by atoms with Crippen LogP contribution in [0, 0.1) is 0 Å².